The molecular weight excluding hydrogens is 414 g/mol. The van der Waals surface area contributed by atoms with Crippen molar-refractivity contribution >= 4 is 26.7 Å². The van der Waals surface area contributed by atoms with Crippen molar-refractivity contribution in [2.45, 2.75) is 31.7 Å². The van der Waals surface area contributed by atoms with E-state index in [-0.39, 0.29) is 12.4 Å². The van der Waals surface area contributed by atoms with Gasteiger partial charge in [-0.15, -0.1) is 0 Å². The number of para-hydroxylation sites is 2. The molecule has 162 valence electrons. The zero-order valence-corrected chi connectivity index (χ0v) is 18.0. The number of rotatable bonds is 4. The van der Waals surface area contributed by atoms with Gasteiger partial charge in [0, 0.05) is 25.1 Å². The number of nitrogen functional groups attached to an aromatic ring is 1. The molecule has 1 fully saturated rings. The van der Waals surface area contributed by atoms with E-state index in [4.69, 9.17) is 24.7 Å². The van der Waals surface area contributed by atoms with Crippen LogP contribution in [0.2, 0.25) is 0 Å². The molecular formula is C23H25N3O4S. The summed E-state index contributed by atoms with van der Waals surface area (Å²) >= 11 is 1.47. The number of nitrogens with two attached hydrogens (primary N) is 1. The van der Waals surface area contributed by atoms with Crippen LogP contribution in [0.1, 0.15) is 19.3 Å². The number of hydrogen-bond acceptors (Lipinski definition) is 8. The van der Waals surface area contributed by atoms with Gasteiger partial charge in [-0.1, -0.05) is 23.5 Å². The second-order valence-corrected chi connectivity index (χ2v) is 9.52. The predicted octanol–water partition coefficient (Wildman–Crippen LogP) is 3.92. The molecule has 3 aromatic rings. The van der Waals surface area contributed by atoms with Crippen molar-refractivity contribution in [2.75, 3.05) is 32.0 Å². The first kappa shape index (κ1) is 19.0. The first-order valence-corrected chi connectivity index (χ1v) is 11.7. The van der Waals surface area contributed by atoms with E-state index in [1.165, 1.54) is 11.3 Å². The minimum Gasteiger partial charge on any atom is -0.486 e. The van der Waals surface area contributed by atoms with E-state index in [1.807, 2.05) is 36.4 Å². The summed E-state index contributed by atoms with van der Waals surface area (Å²) in [6.45, 7) is 3.63. The Morgan fingerprint density at radius 1 is 1.00 bits per heavy atom. The highest BCUT2D eigenvalue weighted by atomic mass is 32.1. The van der Waals surface area contributed by atoms with Crippen molar-refractivity contribution in [1.82, 2.24) is 9.88 Å². The fourth-order valence-electron chi connectivity index (χ4n) is 4.66. The molecule has 6 rings (SSSR count). The van der Waals surface area contributed by atoms with Gasteiger partial charge in [-0.25, -0.2) is 4.98 Å². The van der Waals surface area contributed by atoms with E-state index < -0.39 is 0 Å². The minimum atomic E-state index is -0.216. The van der Waals surface area contributed by atoms with Gasteiger partial charge in [0.15, 0.2) is 28.1 Å². The molecule has 0 spiro atoms. The van der Waals surface area contributed by atoms with Crippen molar-refractivity contribution < 1.29 is 18.9 Å². The van der Waals surface area contributed by atoms with Crippen LogP contribution in [0.15, 0.2) is 36.4 Å². The van der Waals surface area contributed by atoms with Gasteiger partial charge in [0.1, 0.15) is 12.7 Å². The Kier molecular flexibility index (Phi) is 4.76. The van der Waals surface area contributed by atoms with Crippen molar-refractivity contribution in [3.05, 3.63) is 36.4 Å². The number of anilines is 1. The second kappa shape index (κ2) is 7.76. The van der Waals surface area contributed by atoms with Crippen LogP contribution in [0.25, 0.3) is 10.2 Å². The van der Waals surface area contributed by atoms with Crippen molar-refractivity contribution in [3.63, 3.8) is 0 Å². The largest absolute Gasteiger partial charge is 0.486 e. The third-order valence-corrected chi connectivity index (χ3v) is 7.10. The Morgan fingerprint density at radius 2 is 1.77 bits per heavy atom. The number of ether oxygens (including phenoxy) is 4. The maximum absolute atomic E-state index is 6.12. The molecule has 31 heavy (non-hydrogen) atoms. The molecule has 4 heterocycles. The van der Waals surface area contributed by atoms with Crippen LogP contribution in [-0.4, -0.2) is 48.5 Å². The summed E-state index contributed by atoms with van der Waals surface area (Å²) in [6, 6.07) is 11.8. The van der Waals surface area contributed by atoms with Crippen molar-refractivity contribution in [3.8, 4) is 23.0 Å². The number of benzene rings is 2. The van der Waals surface area contributed by atoms with Crippen LogP contribution in [0.4, 0.5) is 5.13 Å². The average molecular weight is 440 g/mol. The number of aromatic nitrogens is 1. The molecule has 0 saturated carbocycles. The SMILES string of the molecule is Nc1nc2cc3c(cc2s1)OC(CC1CCN(CC2COc4ccccc4O2)CC1)O3. The predicted molar refractivity (Wildman–Crippen MR) is 119 cm³/mol. The molecule has 8 heteroatoms. The third kappa shape index (κ3) is 3.85. The monoisotopic (exact) mass is 439 g/mol. The summed E-state index contributed by atoms with van der Waals surface area (Å²) in [5, 5.41) is 0.566. The van der Waals surface area contributed by atoms with E-state index in [1.54, 1.807) is 0 Å². The van der Waals surface area contributed by atoms with E-state index in [9.17, 15) is 0 Å². The highest BCUT2D eigenvalue weighted by molar-refractivity contribution is 7.22. The normalized spacial score (nSPS) is 23.4. The first-order valence-electron chi connectivity index (χ1n) is 10.8. The summed E-state index contributed by atoms with van der Waals surface area (Å²) < 4.78 is 25.1. The molecule has 0 radical (unpaired) electrons. The summed E-state index contributed by atoms with van der Waals surface area (Å²) in [5.41, 5.74) is 6.67. The standard InChI is InChI=1S/C23H25N3O4S/c24-23-25-16-10-19-20(11-21(16)31-23)30-22(29-19)9-14-5-7-26(8-6-14)12-15-13-27-17-3-1-2-4-18(17)28-15/h1-4,10-11,14-15,22H,5-9,12-13H2,(H2,24,25). The minimum absolute atomic E-state index is 0.0824. The number of piperidine rings is 1. The topological polar surface area (TPSA) is 79.1 Å². The van der Waals surface area contributed by atoms with Gasteiger partial charge in [0.2, 0.25) is 6.29 Å². The van der Waals surface area contributed by atoms with Gasteiger partial charge in [0.05, 0.1) is 10.2 Å². The number of nitrogens with zero attached hydrogens (tertiary/aromatic N) is 2. The summed E-state index contributed by atoms with van der Waals surface area (Å²) in [7, 11) is 0. The van der Waals surface area contributed by atoms with Gasteiger partial charge in [-0.05, 0) is 44.0 Å². The molecule has 2 aromatic carbocycles. The zero-order chi connectivity index (χ0) is 20.8. The maximum atomic E-state index is 6.12. The molecule has 2 unspecified atom stereocenters. The number of fused-ring (bicyclic) bond motifs is 3. The Hall–Kier alpha value is -2.71. The van der Waals surface area contributed by atoms with Crippen LogP contribution in [0.3, 0.4) is 0 Å². The number of likely N-dealkylation sites (tertiary alicyclic amines) is 1. The molecule has 1 aromatic heterocycles. The van der Waals surface area contributed by atoms with E-state index >= 15 is 0 Å². The number of hydrogen-bond donors (Lipinski definition) is 1. The van der Waals surface area contributed by atoms with Crippen LogP contribution in [0.5, 0.6) is 23.0 Å². The van der Waals surface area contributed by atoms with Crippen LogP contribution >= 0.6 is 11.3 Å². The quantitative estimate of drug-likeness (QED) is 0.660. The fraction of sp³-hybridized carbons (Fsp3) is 0.435. The maximum Gasteiger partial charge on any atom is 0.241 e. The van der Waals surface area contributed by atoms with E-state index in [0.29, 0.717) is 17.7 Å². The van der Waals surface area contributed by atoms with E-state index in [0.717, 1.165) is 72.1 Å². The van der Waals surface area contributed by atoms with Gasteiger partial charge in [-0.2, -0.15) is 0 Å². The lowest BCUT2D eigenvalue weighted by atomic mass is 9.93. The molecule has 3 aliphatic rings. The van der Waals surface area contributed by atoms with E-state index in [2.05, 4.69) is 9.88 Å². The molecule has 0 aliphatic carbocycles. The highest BCUT2D eigenvalue weighted by Crippen LogP contribution is 2.42. The second-order valence-electron chi connectivity index (χ2n) is 8.46. The Labute approximate surface area is 184 Å². The van der Waals surface area contributed by atoms with Crippen molar-refractivity contribution in [2.24, 2.45) is 5.92 Å². The van der Waals surface area contributed by atoms with Gasteiger partial charge in [0.25, 0.3) is 0 Å². The first-order chi connectivity index (χ1) is 15.2. The molecule has 7 nitrogen and oxygen atoms in total. The zero-order valence-electron chi connectivity index (χ0n) is 17.2. The van der Waals surface area contributed by atoms with Crippen LogP contribution in [-0.2, 0) is 0 Å². The lowest BCUT2D eigenvalue weighted by Crippen LogP contribution is -2.44. The number of thiazole rings is 1. The Morgan fingerprint density at radius 3 is 2.61 bits per heavy atom. The summed E-state index contributed by atoms with van der Waals surface area (Å²) in [4.78, 5) is 6.82. The fourth-order valence-corrected chi connectivity index (χ4v) is 5.40. The average Bonchev–Trinajstić information content (AvgIpc) is 3.33. The highest BCUT2D eigenvalue weighted by Gasteiger charge is 2.31. The summed E-state index contributed by atoms with van der Waals surface area (Å²) in [5.74, 6) is 3.86. The third-order valence-electron chi connectivity index (χ3n) is 6.25. The Balaban J connectivity index is 0.996. The summed E-state index contributed by atoms with van der Waals surface area (Å²) in [6.07, 6.45) is 3.04. The molecule has 0 amide bonds. The molecule has 2 N–H and O–H groups in total. The Bertz CT molecular complexity index is 1050. The molecule has 0 bridgehead atoms. The lowest BCUT2D eigenvalue weighted by molar-refractivity contribution is 0.00913. The van der Waals surface area contributed by atoms with Crippen LogP contribution < -0.4 is 24.7 Å². The van der Waals surface area contributed by atoms with Gasteiger partial charge >= 0.3 is 0 Å². The van der Waals surface area contributed by atoms with Crippen molar-refractivity contribution in [1.29, 1.82) is 0 Å². The lowest BCUT2D eigenvalue weighted by Gasteiger charge is -2.36. The van der Waals surface area contributed by atoms with Crippen LogP contribution in [0, 0.1) is 5.92 Å². The smallest absolute Gasteiger partial charge is 0.241 e. The molecule has 3 aliphatic heterocycles. The molecule has 2 atom stereocenters. The van der Waals surface area contributed by atoms with Gasteiger partial charge < -0.3 is 24.7 Å². The van der Waals surface area contributed by atoms with Gasteiger partial charge in [-0.3, -0.25) is 4.90 Å². The molecule has 1 saturated heterocycles.